The Labute approximate surface area is 75.1 Å². The molecule has 11 heavy (non-hydrogen) atoms. The summed E-state index contributed by atoms with van der Waals surface area (Å²) in [6, 6.07) is 0. The molecule has 0 aliphatic rings. The average Bonchev–Trinajstić information content (AvgIpc) is 1.88. The molecule has 3 N–H and O–H groups in total. The van der Waals surface area contributed by atoms with E-state index in [9.17, 15) is 0 Å². The minimum atomic E-state index is 0. The van der Waals surface area contributed by atoms with Crippen molar-refractivity contribution in [3.8, 4) is 0 Å². The van der Waals surface area contributed by atoms with Crippen LogP contribution < -0.4 is 0 Å². The fourth-order valence-electron chi connectivity index (χ4n) is 0.886. The van der Waals surface area contributed by atoms with Crippen LogP contribution in [0.2, 0.25) is 0 Å². The fourth-order valence-corrected chi connectivity index (χ4v) is 0.886. The monoisotopic (exact) mass is 185 g/mol. The van der Waals surface area contributed by atoms with Gasteiger partial charge in [0.2, 0.25) is 0 Å². The van der Waals surface area contributed by atoms with Crippen molar-refractivity contribution in [2.45, 2.75) is 20.3 Å². The number of likely N-dealkylation sites (N-methyl/N-ethyl adjacent to an activating group) is 1. The normalized spacial score (nSPS) is 8.73. The summed E-state index contributed by atoms with van der Waals surface area (Å²) in [5.41, 5.74) is 0. The Kier molecular flexibility index (Phi) is 20.2. The van der Waals surface area contributed by atoms with Gasteiger partial charge < -0.3 is 15.5 Å². The largest absolute Gasteiger partial charge is 0.412 e. The molecule has 3 nitrogen and oxygen atoms in total. The summed E-state index contributed by atoms with van der Waals surface area (Å²) in [5.74, 6) is 0. The van der Waals surface area contributed by atoms with Crippen molar-refractivity contribution < 1.29 is 10.6 Å². The molecule has 0 aromatic rings. The van der Waals surface area contributed by atoms with E-state index < -0.39 is 0 Å². The van der Waals surface area contributed by atoms with Crippen LogP contribution in [0.4, 0.5) is 0 Å². The molecule has 0 aromatic heterocycles. The quantitative estimate of drug-likeness (QED) is 0.670. The average molecular weight is 186 g/mol. The lowest BCUT2D eigenvalue weighted by Crippen LogP contribution is -2.27. The fraction of sp³-hybridized carbons (Fsp3) is 1.00. The Morgan fingerprint density at radius 1 is 1.18 bits per heavy atom. The third kappa shape index (κ3) is 10.2. The van der Waals surface area contributed by atoms with Gasteiger partial charge in [0.1, 0.15) is 0 Å². The molecule has 0 rings (SSSR count). The van der Waals surface area contributed by atoms with Gasteiger partial charge in [0, 0.05) is 6.54 Å². The summed E-state index contributed by atoms with van der Waals surface area (Å²) in [4.78, 5) is 2.24. The minimum absolute atomic E-state index is 0. The third-order valence-corrected chi connectivity index (χ3v) is 1.40. The molecule has 0 aromatic carbocycles. The van der Waals surface area contributed by atoms with Crippen molar-refractivity contribution >= 4 is 12.4 Å². The van der Waals surface area contributed by atoms with Gasteiger partial charge in [-0.2, -0.15) is 0 Å². The number of hydrogen-bond donors (Lipinski definition) is 1. The van der Waals surface area contributed by atoms with Gasteiger partial charge in [0.25, 0.3) is 0 Å². The van der Waals surface area contributed by atoms with Gasteiger partial charge in [-0.1, -0.05) is 13.8 Å². The lowest BCUT2D eigenvalue weighted by Gasteiger charge is -2.17. The maximum atomic E-state index is 8.55. The molecule has 72 valence electrons. The SMILES string of the molecule is CCCN(CC)CCO.Cl.O. The molecule has 0 saturated carbocycles. The van der Waals surface area contributed by atoms with Crippen LogP contribution >= 0.6 is 12.4 Å². The van der Waals surface area contributed by atoms with E-state index in [1.54, 1.807) is 0 Å². The molecule has 0 bridgehead atoms. The van der Waals surface area contributed by atoms with E-state index in [4.69, 9.17) is 5.11 Å². The van der Waals surface area contributed by atoms with Crippen molar-refractivity contribution in [1.82, 2.24) is 4.90 Å². The Balaban J connectivity index is -0.000000320. The van der Waals surface area contributed by atoms with Crippen molar-refractivity contribution in [3.63, 3.8) is 0 Å². The molecule has 0 saturated heterocycles. The molecule has 0 spiro atoms. The maximum Gasteiger partial charge on any atom is 0.0558 e. The lowest BCUT2D eigenvalue weighted by molar-refractivity contribution is 0.202. The number of halogens is 1. The van der Waals surface area contributed by atoms with Crippen molar-refractivity contribution in [3.05, 3.63) is 0 Å². The van der Waals surface area contributed by atoms with Crippen molar-refractivity contribution in [2.24, 2.45) is 0 Å². The van der Waals surface area contributed by atoms with Gasteiger partial charge in [0.05, 0.1) is 6.61 Å². The lowest BCUT2D eigenvalue weighted by atomic mass is 10.4. The van der Waals surface area contributed by atoms with Crippen LogP contribution in [0.15, 0.2) is 0 Å². The van der Waals surface area contributed by atoms with E-state index in [-0.39, 0.29) is 24.5 Å². The highest BCUT2D eigenvalue weighted by atomic mass is 35.5. The molecule has 0 radical (unpaired) electrons. The predicted molar refractivity (Wildman–Crippen MR) is 50.4 cm³/mol. The summed E-state index contributed by atoms with van der Waals surface area (Å²) < 4.78 is 0. The van der Waals surface area contributed by atoms with Gasteiger partial charge in [-0.15, -0.1) is 12.4 Å². The number of nitrogens with zero attached hydrogens (tertiary/aromatic N) is 1. The Bertz CT molecular complexity index is 58.4. The van der Waals surface area contributed by atoms with Gasteiger partial charge in [-0.3, -0.25) is 0 Å². The topological polar surface area (TPSA) is 55.0 Å². The number of hydrogen-bond acceptors (Lipinski definition) is 2. The van der Waals surface area contributed by atoms with E-state index in [1.165, 1.54) is 6.42 Å². The number of rotatable bonds is 5. The van der Waals surface area contributed by atoms with Crippen LogP contribution in [0.1, 0.15) is 20.3 Å². The Hall–Kier alpha value is 0.170. The first kappa shape index (κ1) is 17.3. The summed E-state index contributed by atoms with van der Waals surface area (Å²) in [7, 11) is 0. The zero-order chi connectivity index (χ0) is 7.11. The van der Waals surface area contributed by atoms with Gasteiger partial charge in [-0.25, -0.2) is 0 Å². The second-order valence-corrected chi connectivity index (χ2v) is 2.16. The molecule has 0 heterocycles. The van der Waals surface area contributed by atoms with Crippen LogP contribution in [0.25, 0.3) is 0 Å². The highest BCUT2D eigenvalue weighted by molar-refractivity contribution is 5.85. The molecular formula is C7H20ClNO2. The van der Waals surface area contributed by atoms with Crippen LogP contribution in [-0.4, -0.2) is 41.7 Å². The van der Waals surface area contributed by atoms with Crippen LogP contribution in [0.5, 0.6) is 0 Å². The minimum Gasteiger partial charge on any atom is -0.412 e. The first-order valence-corrected chi connectivity index (χ1v) is 3.68. The molecule has 0 aliphatic heterocycles. The number of aliphatic hydroxyl groups excluding tert-OH is 1. The summed E-state index contributed by atoms with van der Waals surface area (Å²) in [6.45, 7) is 7.54. The summed E-state index contributed by atoms with van der Waals surface area (Å²) >= 11 is 0. The zero-order valence-corrected chi connectivity index (χ0v) is 8.15. The zero-order valence-electron chi connectivity index (χ0n) is 7.34. The predicted octanol–water partition coefficient (Wildman–Crippen LogP) is 0.308. The van der Waals surface area contributed by atoms with E-state index in [1.807, 2.05) is 0 Å². The third-order valence-electron chi connectivity index (χ3n) is 1.40. The van der Waals surface area contributed by atoms with E-state index >= 15 is 0 Å². The molecule has 0 unspecified atom stereocenters. The Morgan fingerprint density at radius 3 is 2.00 bits per heavy atom. The van der Waals surface area contributed by atoms with Gasteiger partial charge in [0.15, 0.2) is 0 Å². The second-order valence-electron chi connectivity index (χ2n) is 2.16. The first-order valence-electron chi connectivity index (χ1n) is 3.68. The molecule has 0 amide bonds. The summed E-state index contributed by atoms with van der Waals surface area (Å²) in [5, 5.41) is 8.55. The van der Waals surface area contributed by atoms with E-state index in [0.717, 1.165) is 19.6 Å². The summed E-state index contributed by atoms with van der Waals surface area (Å²) in [6.07, 6.45) is 1.17. The van der Waals surface area contributed by atoms with E-state index in [2.05, 4.69) is 18.7 Å². The van der Waals surface area contributed by atoms with Crippen molar-refractivity contribution in [2.75, 3.05) is 26.2 Å². The Morgan fingerprint density at radius 2 is 1.73 bits per heavy atom. The molecule has 0 aliphatic carbocycles. The van der Waals surface area contributed by atoms with Crippen LogP contribution in [0, 0.1) is 0 Å². The molecule has 0 fully saturated rings. The maximum absolute atomic E-state index is 8.55. The van der Waals surface area contributed by atoms with Crippen molar-refractivity contribution in [1.29, 1.82) is 0 Å². The van der Waals surface area contributed by atoms with Crippen LogP contribution in [0.3, 0.4) is 0 Å². The highest BCUT2D eigenvalue weighted by Crippen LogP contribution is 1.88. The van der Waals surface area contributed by atoms with Gasteiger partial charge >= 0.3 is 0 Å². The number of aliphatic hydroxyl groups is 1. The second kappa shape index (κ2) is 12.8. The smallest absolute Gasteiger partial charge is 0.0558 e. The van der Waals surface area contributed by atoms with E-state index in [0.29, 0.717) is 0 Å². The van der Waals surface area contributed by atoms with Gasteiger partial charge in [-0.05, 0) is 19.5 Å². The molecule has 4 heteroatoms. The molecular weight excluding hydrogens is 166 g/mol. The highest BCUT2D eigenvalue weighted by Gasteiger charge is 1.96. The van der Waals surface area contributed by atoms with Crippen LogP contribution in [-0.2, 0) is 0 Å². The standard InChI is InChI=1S/C7H17NO.ClH.H2O/c1-3-5-8(4-2)6-7-9;;/h9H,3-7H2,1-2H3;1H;1H2. The molecule has 0 atom stereocenters. The first-order chi connectivity index (χ1) is 4.35.